The average molecular weight is 257 g/mol. The van der Waals surface area contributed by atoms with Gasteiger partial charge >= 0.3 is 0 Å². The Morgan fingerprint density at radius 1 is 1.26 bits per heavy atom. The van der Waals surface area contributed by atoms with Gasteiger partial charge in [-0.25, -0.2) is 0 Å². The minimum absolute atomic E-state index is 0.612. The summed E-state index contributed by atoms with van der Waals surface area (Å²) in [6.07, 6.45) is 3.86. The molecule has 2 heterocycles. The third-order valence-corrected chi connectivity index (χ3v) is 3.78. The highest BCUT2D eigenvalue weighted by Gasteiger charge is 2.20. The van der Waals surface area contributed by atoms with Crippen LogP contribution >= 0.6 is 0 Å². The summed E-state index contributed by atoms with van der Waals surface area (Å²) in [4.78, 5) is 6.91. The normalized spacial score (nSPS) is 20.6. The van der Waals surface area contributed by atoms with Gasteiger partial charge in [-0.15, -0.1) is 0 Å². The zero-order chi connectivity index (χ0) is 13.1. The van der Waals surface area contributed by atoms with Gasteiger partial charge in [0.2, 0.25) is 11.7 Å². The van der Waals surface area contributed by atoms with Crippen LogP contribution < -0.4 is 0 Å². The first-order valence-corrected chi connectivity index (χ1v) is 6.95. The Morgan fingerprint density at radius 3 is 2.89 bits per heavy atom. The molecule has 1 aromatic carbocycles. The molecule has 0 radical (unpaired) electrons. The maximum atomic E-state index is 5.37. The van der Waals surface area contributed by atoms with Crippen LogP contribution in [0, 0.1) is 0 Å². The first-order chi connectivity index (χ1) is 9.33. The van der Waals surface area contributed by atoms with Crippen LogP contribution in [0.1, 0.15) is 32.1 Å². The topological polar surface area (TPSA) is 42.2 Å². The van der Waals surface area contributed by atoms with E-state index in [1.165, 1.54) is 19.3 Å². The number of nitrogens with zero attached hydrogens (tertiary/aromatic N) is 3. The van der Waals surface area contributed by atoms with Gasteiger partial charge in [0.25, 0.3) is 0 Å². The standard InChI is InChI=1S/C15H19N3O/c1-12-7-5-6-10-18(12)11-14-16-15(17-19-14)13-8-3-2-4-9-13/h2-4,8-9,12H,5-7,10-11H2,1H3. The zero-order valence-electron chi connectivity index (χ0n) is 11.2. The van der Waals surface area contributed by atoms with Crippen LogP contribution in [0.15, 0.2) is 34.9 Å². The Kier molecular flexibility index (Phi) is 3.60. The van der Waals surface area contributed by atoms with Crippen molar-refractivity contribution in [3.8, 4) is 11.4 Å². The number of likely N-dealkylation sites (tertiary alicyclic amines) is 1. The van der Waals surface area contributed by atoms with Crippen molar-refractivity contribution in [3.05, 3.63) is 36.2 Å². The number of benzene rings is 1. The van der Waals surface area contributed by atoms with E-state index in [-0.39, 0.29) is 0 Å². The molecule has 1 aliphatic rings. The maximum absolute atomic E-state index is 5.37. The quantitative estimate of drug-likeness (QED) is 0.847. The second-order valence-electron chi connectivity index (χ2n) is 5.19. The Morgan fingerprint density at radius 2 is 2.11 bits per heavy atom. The molecular formula is C15H19N3O. The Labute approximate surface area is 113 Å². The number of rotatable bonds is 3. The van der Waals surface area contributed by atoms with Crippen LogP contribution in [-0.4, -0.2) is 27.6 Å². The summed E-state index contributed by atoms with van der Waals surface area (Å²) in [5.74, 6) is 1.40. The molecule has 0 bridgehead atoms. The highest BCUT2D eigenvalue weighted by Crippen LogP contribution is 2.20. The minimum Gasteiger partial charge on any atom is -0.338 e. The van der Waals surface area contributed by atoms with Crippen LogP contribution in [0.4, 0.5) is 0 Å². The molecule has 0 aliphatic carbocycles. The third-order valence-electron chi connectivity index (χ3n) is 3.78. The molecule has 4 heteroatoms. The molecule has 19 heavy (non-hydrogen) atoms. The second kappa shape index (κ2) is 5.53. The molecule has 1 unspecified atom stereocenters. The first-order valence-electron chi connectivity index (χ1n) is 6.95. The molecule has 1 aromatic heterocycles. The number of piperidine rings is 1. The molecule has 0 spiro atoms. The van der Waals surface area contributed by atoms with Crippen LogP contribution in [0.3, 0.4) is 0 Å². The maximum Gasteiger partial charge on any atom is 0.241 e. The monoisotopic (exact) mass is 257 g/mol. The molecule has 4 nitrogen and oxygen atoms in total. The first kappa shape index (κ1) is 12.4. The lowest BCUT2D eigenvalue weighted by molar-refractivity contribution is 0.135. The van der Waals surface area contributed by atoms with Crippen molar-refractivity contribution in [1.29, 1.82) is 0 Å². The fraction of sp³-hybridized carbons (Fsp3) is 0.467. The number of aromatic nitrogens is 2. The highest BCUT2D eigenvalue weighted by atomic mass is 16.5. The van der Waals surface area contributed by atoms with Gasteiger partial charge in [-0.3, -0.25) is 4.90 Å². The van der Waals surface area contributed by atoms with Crippen LogP contribution in [0.25, 0.3) is 11.4 Å². The summed E-state index contributed by atoms with van der Waals surface area (Å²) >= 11 is 0. The van der Waals surface area contributed by atoms with Gasteiger partial charge in [-0.05, 0) is 26.3 Å². The molecular weight excluding hydrogens is 238 g/mol. The average Bonchev–Trinajstić information content (AvgIpc) is 2.91. The summed E-state index contributed by atoms with van der Waals surface area (Å²) in [7, 11) is 0. The summed E-state index contributed by atoms with van der Waals surface area (Å²) in [6.45, 7) is 4.17. The van der Waals surface area contributed by atoms with Gasteiger partial charge in [0, 0.05) is 11.6 Å². The molecule has 1 aliphatic heterocycles. The van der Waals surface area contributed by atoms with Crippen LogP contribution in [0.5, 0.6) is 0 Å². The molecule has 1 saturated heterocycles. The van der Waals surface area contributed by atoms with Crippen molar-refractivity contribution in [3.63, 3.8) is 0 Å². The predicted octanol–water partition coefficient (Wildman–Crippen LogP) is 3.11. The van der Waals surface area contributed by atoms with E-state index in [0.717, 1.165) is 18.7 Å². The van der Waals surface area contributed by atoms with Crippen LogP contribution in [0.2, 0.25) is 0 Å². The van der Waals surface area contributed by atoms with Gasteiger partial charge in [0.05, 0.1) is 6.54 Å². The van der Waals surface area contributed by atoms with Crippen molar-refractivity contribution in [2.75, 3.05) is 6.54 Å². The lowest BCUT2D eigenvalue weighted by Crippen LogP contribution is -2.36. The molecule has 1 atom stereocenters. The van der Waals surface area contributed by atoms with Crippen molar-refractivity contribution in [1.82, 2.24) is 15.0 Å². The Balaban J connectivity index is 1.71. The van der Waals surface area contributed by atoms with Gasteiger partial charge in [0.1, 0.15) is 0 Å². The van der Waals surface area contributed by atoms with E-state index in [4.69, 9.17) is 4.52 Å². The summed E-state index contributed by atoms with van der Waals surface area (Å²) in [5.41, 5.74) is 1.00. The van der Waals surface area contributed by atoms with E-state index < -0.39 is 0 Å². The van der Waals surface area contributed by atoms with E-state index in [9.17, 15) is 0 Å². The van der Waals surface area contributed by atoms with E-state index in [1.54, 1.807) is 0 Å². The fourth-order valence-corrected chi connectivity index (χ4v) is 2.59. The SMILES string of the molecule is CC1CCCCN1Cc1nc(-c2ccccc2)no1. The predicted molar refractivity (Wildman–Crippen MR) is 73.5 cm³/mol. The number of hydrogen-bond donors (Lipinski definition) is 0. The zero-order valence-corrected chi connectivity index (χ0v) is 11.2. The Bertz CT molecular complexity index is 523. The molecule has 0 saturated carbocycles. The van der Waals surface area contributed by atoms with Gasteiger partial charge in [-0.1, -0.05) is 41.9 Å². The van der Waals surface area contributed by atoms with Crippen molar-refractivity contribution in [2.24, 2.45) is 0 Å². The smallest absolute Gasteiger partial charge is 0.241 e. The van der Waals surface area contributed by atoms with Crippen LogP contribution in [-0.2, 0) is 6.54 Å². The van der Waals surface area contributed by atoms with E-state index in [2.05, 4.69) is 22.0 Å². The van der Waals surface area contributed by atoms with Crippen molar-refractivity contribution >= 4 is 0 Å². The largest absolute Gasteiger partial charge is 0.338 e. The molecule has 100 valence electrons. The number of hydrogen-bond acceptors (Lipinski definition) is 4. The molecule has 2 aromatic rings. The molecule has 0 amide bonds. The highest BCUT2D eigenvalue weighted by molar-refractivity contribution is 5.53. The third kappa shape index (κ3) is 2.84. The van der Waals surface area contributed by atoms with Crippen molar-refractivity contribution in [2.45, 2.75) is 38.8 Å². The summed E-state index contributed by atoms with van der Waals surface area (Å²) in [5, 5.41) is 4.06. The van der Waals surface area contributed by atoms with E-state index in [1.807, 2.05) is 30.3 Å². The summed E-state index contributed by atoms with van der Waals surface area (Å²) in [6, 6.07) is 10.6. The van der Waals surface area contributed by atoms with Gasteiger partial charge in [-0.2, -0.15) is 4.98 Å². The van der Waals surface area contributed by atoms with Gasteiger partial charge in [0.15, 0.2) is 0 Å². The molecule has 1 fully saturated rings. The molecule has 0 N–H and O–H groups in total. The lowest BCUT2D eigenvalue weighted by Gasteiger charge is -2.31. The van der Waals surface area contributed by atoms with Crippen molar-refractivity contribution < 1.29 is 4.52 Å². The van der Waals surface area contributed by atoms with E-state index >= 15 is 0 Å². The second-order valence-corrected chi connectivity index (χ2v) is 5.19. The van der Waals surface area contributed by atoms with E-state index in [0.29, 0.717) is 17.8 Å². The van der Waals surface area contributed by atoms with Gasteiger partial charge < -0.3 is 4.52 Å². The fourth-order valence-electron chi connectivity index (χ4n) is 2.59. The molecule has 3 rings (SSSR count). The Hall–Kier alpha value is -1.68. The summed E-state index contributed by atoms with van der Waals surface area (Å²) < 4.78 is 5.37. The minimum atomic E-state index is 0.612. The lowest BCUT2D eigenvalue weighted by atomic mass is 10.0.